The summed E-state index contributed by atoms with van der Waals surface area (Å²) in [5.41, 5.74) is 1.02. The van der Waals surface area contributed by atoms with Gasteiger partial charge in [0.2, 0.25) is 5.95 Å². The van der Waals surface area contributed by atoms with Crippen molar-refractivity contribution in [3.8, 4) is 0 Å². The fourth-order valence-corrected chi connectivity index (χ4v) is 1.92. The Hall–Kier alpha value is -1.82. The number of hydrogen-bond acceptors (Lipinski definition) is 4. The van der Waals surface area contributed by atoms with Crippen LogP contribution in [0.2, 0.25) is 0 Å². The molecule has 0 bridgehead atoms. The summed E-state index contributed by atoms with van der Waals surface area (Å²) in [5, 5.41) is 7.54. The second kappa shape index (κ2) is 6.94. The van der Waals surface area contributed by atoms with Gasteiger partial charge >= 0.3 is 0 Å². The first kappa shape index (κ1) is 13.6. The van der Waals surface area contributed by atoms with E-state index in [4.69, 9.17) is 4.74 Å². The fraction of sp³-hybridized carbons (Fsp3) is 0.538. The summed E-state index contributed by atoms with van der Waals surface area (Å²) >= 11 is 0. The van der Waals surface area contributed by atoms with Crippen molar-refractivity contribution < 1.29 is 4.74 Å². The van der Waals surface area contributed by atoms with Crippen molar-refractivity contribution in [3.63, 3.8) is 0 Å². The maximum absolute atomic E-state index is 5.03. The smallest absolute Gasteiger partial charge is 0.203 e. The Morgan fingerprint density at radius 3 is 3.00 bits per heavy atom. The molecule has 2 heterocycles. The Morgan fingerprint density at radius 1 is 1.37 bits per heavy atom. The van der Waals surface area contributed by atoms with E-state index in [9.17, 15) is 0 Å². The zero-order valence-corrected chi connectivity index (χ0v) is 11.5. The number of rotatable bonds is 8. The lowest BCUT2D eigenvalue weighted by atomic mass is 10.4. The van der Waals surface area contributed by atoms with Crippen LogP contribution in [0.25, 0.3) is 0 Å². The molecule has 2 rings (SSSR count). The Balaban J connectivity index is 1.88. The highest BCUT2D eigenvalue weighted by Gasteiger charge is 2.05. The molecule has 19 heavy (non-hydrogen) atoms. The summed E-state index contributed by atoms with van der Waals surface area (Å²) in [4.78, 5) is 4.49. The van der Waals surface area contributed by atoms with E-state index in [0.717, 1.165) is 44.3 Å². The van der Waals surface area contributed by atoms with Crippen LogP contribution in [0.1, 0.15) is 12.1 Å². The number of nitrogens with one attached hydrogen (secondary N) is 1. The molecule has 0 aliphatic rings. The average Bonchev–Trinajstić information content (AvgIpc) is 3.02. The zero-order chi connectivity index (χ0) is 13.5. The van der Waals surface area contributed by atoms with Gasteiger partial charge in [0.1, 0.15) is 0 Å². The lowest BCUT2D eigenvalue weighted by Crippen LogP contribution is -2.13. The maximum atomic E-state index is 5.03. The number of methoxy groups -OCH3 is 1. The van der Waals surface area contributed by atoms with Gasteiger partial charge in [-0.1, -0.05) is 0 Å². The van der Waals surface area contributed by atoms with Crippen LogP contribution in [0.5, 0.6) is 0 Å². The van der Waals surface area contributed by atoms with E-state index in [1.165, 1.54) is 0 Å². The monoisotopic (exact) mass is 263 g/mol. The molecule has 0 fully saturated rings. The van der Waals surface area contributed by atoms with E-state index in [1.807, 2.05) is 23.9 Å². The standard InChI is InChI=1S/C13H21N5O/c1-12-11-17(8-9-18-7-3-6-15-18)13(16-12)14-5-4-10-19-2/h3,6-7,11H,4-5,8-10H2,1-2H3,(H,14,16). The molecule has 6 nitrogen and oxygen atoms in total. The maximum Gasteiger partial charge on any atom is 0.203 e. The van der Waals surface area contributed by atoms with E-state index >= 15 is 0 Å². The van der Waals surface area contributed by atoms with Gasteiger partial charge in [0, 0.05) is 45.4 Å². The number of imidazole rings is 1. The van der Waals surface area contributed by atoms with Gasteiger partial charge in [0.25, 0.3) is 0 Å². The molecule has 0 spiro atoms. The van der Waals surface area contributed by atoms with Gasteiger partial charge in [-0.15, -0.1) is 0 Å². The van der Waals surface area contributed by atoms with Crippen LogP contribution in [0.4, 0.5) is 5.95 Å². The van der Waals surface area contributed by atoms with E-state index in [-0.39, 0.29) is 0 Å². The highest BCUT2D eigenvalue weighted by molar-refractivity contribution is 5.28. The molecule has 0 atom stereocenters. The molecule has 0 unspecified atom stereocenters. The van der Waals surface area contributed by atoms with Gasteiger partial charge < -0.3 is 14.6 Å². The summed E-state index contributed by atoms with van der Waals surface area (Å²) < 4.78 is 9.08. The van der Waals surface area contributed by atoms with E-state index in [0.29, 0.717) is 0 Å². The molecule has 0 aliphatic heterocycles. The first-order valence-corrected chi connectivity index (χ1v) is 6.53. The van der Waals surface area contributed by atoms with Gasteiger partial charge in [-0.3, -0.25) is 4.68 Å². The minimum atomic E-state index is 0.764. The van der Waals surface area contributed by atoms with Gasteiger partial charge in [-0.2, -0.15) is 5.10 Å². The predicted molar refractivity (Wildman–Crippen MR) is 74.2 cm³/mol. The topological polar surface area (TPSA) is 56.9 Å². The summed E-state index contributed by atoms with van der Waals surface area (Å²) in [5.74, 6) is 0.917. The van der Waals surface area contributed by atoms with Crippen molar-refractivity contribution in [1.29, 1.82) is 0 Å². The third kappa shape index (κ3) is 4.10. The van der Waals surface area contributed by atoms with E-state index in [1.54, 1.807) is 13.3 Å². The van der Waals surface area contributed by atoms with Crippen LogP contribution in [0.3, 0.4) is 0 Å². The van der Waals surface area contributed by atoms with E-state index in [2.05, 4.69) is 26.2 Å². The van der Waals surface area contributed by atoms with Crippen molar-refractivity contribution >= 4 is 5.95 Å². The van der Waals surface area contributed by atoms with Crippen molar-refractivity contribution in [2.45, 2.75) is 26.4 Å². The Labute approximate surface area is 113 Å². The van der Waals surface area contributed by atoms with Crippen LogP contribution in [0.15, 0.2) is 24.7 Å². The first-order chi connectivity index (χ1) is 9.29. The minimum Gasteiger partial charge on any atom is -0.385 e. The molecule has 0 saturated heterocycles. The zero-order valence-electron chi connectivity index (χ0n) is 11.5. The van der Waals surface area contributed by atoms with Crippen LogP contribution in [0, 0.1) is 6.92 Å². The van der Waals surface area contributed by atoms with Crippen LogP contribution >= 0.6 is 0 Å². The number of aryl methyl sites for hydroxylation is 3. The molecule has 0 amide bonds. The Kier molecular flexibility index (Phi) is 4.97. The predicted octanol–water partition coefficient (Wildman–Crippen LogP) is 1.54. The van der Waals surface area contributed by atoms with Crippen LogP contribution < -0.4 is 5.32 Å². The molecule has 2 aromatic heterocycles. The summed E-state index contributed by atoms with van der Waals surface area (Å²) in [6, 6.07) is 1.93. The molecular formula is C13H21N5O. The van der Waals surface area contributed by atoms with Crippen LogP contribution in [-0.2, 0) is 17.8 Å². The largest absolute Gasteiger partial charge is 0.385 e. The van der Waals surface area contributed by atoms with Crippen LogP contribution in [-0.4, -0.2) is 39.6 Å². The lowest BCUT2D eigenvalue weighted by molar-refractivity contribution is 0.197. The normalized spacial score (nSPS) is 10.8. The fourth-order valence-electron chi connectivity index (χ4n) is 1.92. The van der Waals surface area contributed by atoms with Gasteiger partial charge in [0.05, 0.1) is 12.2 Å². The quantitative estimate of drug-likeness (QED) is 0.734. The highest BCUT2D eigenvalue weighted by atomic mass is 16.5. The molecular weight excluding hydrogens is 242 g/mol. The Morgan fingerprint density at radius 2 is 2.26 bits per heavy atom. The van der Waals surface area contributed by atoms with Gasteiger partial charge in [0.15, 0.2) is 0 Å². The third-order valence-electron chi connectivity index (χ3n) is 2.83. The molecule has 0 radical (unpaired) electrons. The minimum absolute atomic E-state index is 0.764. The number of nitrogens with zero attached hydrogens (tertiary/aromatic N) is 4. The van der Waals surface area contributed by atoms with Gasteiger partial charge in [-0.25, -0.2) is 4.98 Å². The molecule has 0 aromatic carbocycles. The second-order valence-electron chi connectivity index (χ2n) is 4.44. The summed E-state index contributed by atoms with van der Waals surface area (Å²) in [7, 11) is 1.72. The second-order valence-corrected chi connectivity index (χ2v) is 4.44. The summed E-state index contributed by atoms with van der Waals surface area (Å²) in [6.45, 7) is 5.33. The number of hydrogen-bond donors (Lipinski definition) is 1. The average molecular weight is 263 g/mol. The van der Waals surface area contributed by atoms with Crippen molar-refractivity contribution in [3.05, 3.63) is 30.4 Å². The molecule has 1 N–H and O–H groups in total. The Bertz CT molecular complexity index is 477. The number of aromatic nitrogens is 4. The highest BCUT2D eigenvalue weighted by Crippen LogP contribution is 2.08. The summed E-state index contributed by atoms with van der Waals surface area (Å²) in [6.07, 6.45) is 6.79. The molecule has 104 valence electrons. The first-order valence-electron chi connectivity index (χ1n) is 6.53. The molecule has 0 saturated carbocycles. The number of ether oxygens (including phenoxy) is 1. The van der Waals surface area contributed by atoms with Crippen molar-refractivity contribution in [1.82, 2.24) is 19.3 Å². The van der Waals surface area contributed by atoms with Crippen molar-refractivity contribution in [2.75, 3.05) is 25.6 Å². The molecule has 6 heteroatoms. The number of anilines is 1. The SMILES string of the molecule is COCCCNc1nc(C)cn1CCn1cccn1. The lowest BCUT2D eigenvalue weighted by Gasteiger charge is -2.09. The van der Waals surface area contributed by atoms with Crippen molar-refractivity contribution in [2.24, 2.45) is 0 Å². The molecule has 0 aliphatic carbocycles. The molecule has 2 aromatic rings. The van der Waals surface area contributed by atoms with Gasteiger partial charge in [-0.05, 0) is 19.4 Å². The van der Waals surface area contributed by atoms with E-state index < -0.39 is 0 Å². The third-order valence-corrected chi connectivity index (χ3v) is 2.83.